The van der Waals surface area contributed by atoms with E-state index in [-0.39, 0.29) is 11.9 Å². The summed E-state index contributed by atoms with van der Waals surface area (Å²) in [6.45, 7) is 2.93. The summed E-state index contributed by atoms with van der Waals surface area (Å²) in [4.78, 5) is 0. The number of pyridine rings is 1. The zero-order chi connectivity index (χ0) is 14.7. The Labute approximate surface area is 123 Å². The van der Waals surface area contributed by atoms with E-state index >= 15 is 0 Å². The number of nitrogens with one attached hydrogen (secondary N) is 1. The molecule has 2 heterocycles. The van der Waals surface area contributed by atoms with Gasteiger partial charge in [0.05, 0.1) is 11.7 Å². The maximum absolute atomic E-state index is 13.4. The molecule has 0 fully saturated rings. The van der Waals surface area contributed by atoms with E-state index in [1.165, 1.54) is 6.07 Å². The van der Waals surface area contributed by atoms with Crippen molar-refractivity contribution in [2.75, 3.05) is 6.54 Å². The summed E-state index contributed by atoms with van der Waals surface area (Å²) in [6.07, 6.45) is 4.56. The van der Waals surface area contributed by atoms with Crippen molar-refractivity contribution in [2.45, 2.75) is 19.4 Å². The molecule has 0 spiro atoms. The summed E-state index contributed by atoms with van der Waals surface area (Å²) in [5.74, 6) is -0.192. The van der Waals surface area contributed by atoms with Crippen LogP contribution in [0.2, 0.25) is 0 Å². The smallest absolute Gasteiger partial charge is 0.123 e. The first-order valence-electron chi connectivity index (χ1n) is 7.18. The van der Waals surface area contributed by atoms with Gasteiger partial charge < -0.3 is 5.32 Å². The van der Waals surface area contributed by atoms with Crippen LogP contribution in [0.15, 0.2) is 54.9 Å². The first-order valence-corrected chi connectivity index (χ1v) is 7.18. The minimum Gasteiger partial charge on any atom is -0.310 e. The van der Waals surface area contributed by atoms with Gasteiger partial charge in [0.1, 0.15) is 5.82 Å². The maximum Gasteiger partial charge on any atom is 0.123 e. The number of hydrogen-bond acceptors (Lipinski definition) is 2. The van der Waals surface area contributed by atoms with Crippen molar-refractivity contribution in [3.8, 4) is 0 Å². The molecule has 3 nitrogen and oxygen atoms in total. The third-order valence-corrected chi connectivity index (χ3v) is 3.61. The molecule has 4 heteroatoms. The Bertz CT molecular complexity index is 735. The Kier molecular flexibility index (Phi) is 3.97. The van der Waals surface area contributed by atoms with Crippen LogP contribution in [0.3, 0.4) is 0 Å². The highest BCUT2D eigenvalue weighted by atomic mass is 19.1. The van der Waals surface area contributed by atoms with Gasteiger partial charge in [0.15, 0.2) is 0 Å². The molecule has 0 radical (unpaired) electrons. The highest BCUT2D eigenvalue weighted by molar-refractivity contribution is 5.55. The highest BCUT2D eigenvalue weighted by Crippen LogP contribution is 2.23. The highest BCUT2D eigenvalue weighted by Gasteiger charge is 2.16. The Morgan fingerprint density at radius 1 is 1.24 bits per heavy atom. The Balaban J connectivity index is 1.94. The van der Waals surface area contributed by atoms with E-state index < -0.39 is 0 Å². The van der Waals surface area contributed by atoms with Crippen molar-refractivity contribution in [3.63, 3.8) is 0 Å². The molecular weight excluding hydrogens is 265 g/mol. The summed E-state index contributed by atoms with van der Waals surface area (Å²) in [5.41, 5.74) is 3.21. The van der Waals surface area contributed by atoms with E-state index in [2.05, 4.69) is 23.4 Å². The fourth-order valence-electron chi connectivity index (χ4n) is 2.66. The molecule has 21 heavy (non-hydrogen) atoms. The predicted octanol–water partition coefficient (Wildman–Crippen LogP) is 3.37. The van der Waals surface area contributed by atoms with Gasteiger partial charge in [-0.2, -0.15) is 5.10 Å². The fraction of sp³-hybridized carbons (Fsp3) is 0.235. The van der Waals surface area contributed by atoms with Crippen LogP contribution >= 0.6 is 0 Å². The van der Waals surface area contributed by atoms with E-state index in [9.17, 15) is 4.39 Å². The van der Waals surface area contributed by atoms with Gasteiger partial charge >= 0.3 is 0 Å². The van der Waals surface area contributed by atoms with Crippen molar-refractivity contribution in [1.82, 2.24) is 14.9 Å². The minimum atomic E-state index is -0.192. The van der Waals surface area contributed by atoms with Crippen LogP contribution in [0.5, 0.6) is 0 Å². The molecule has 0 saturated carbocycles. The molecular formula is C17H18FN3. The Morgan fingerprint density at radius 3 is 2.95 bits per heavy atom. The molecule has 0 aliphatic carbocycles. The first-order chi connectivity index (χ1) is 10.3. The number of likely N-dealkylation sites (N-methyl/N-ethyl adjacent to an activating group) is 1. The summed E-state index contributed by atoms with van der Waals surface area (Å²) >= 11 is 0. The summed E-state index contributed by atoms with van der Waals surface area (Å²) in [6, 6.07) is 12.9. The van der Waals surface area contributed by atoms with E-state index in [1.807, 2.05) is 35.1 Å². The van der Waals surface area contributed by atoms with Crippen molar-refractivity contribution < 1.29 is 4.39 Å². The van der Waals surface area contributed by atoms with Crippen LogP contribution in [-0.4, -0.2) is 16.2 Å². The van der Waals surface area contributed by atoms with Gasteiger partial charge in [-0.05, 0) is 42.8 Å². The lowest BCUT2D eigenvalue weighted by atomic mass is 10.00. The van der Waals surface area contributed by atoms with E-state index in [4.69, 9.17) is 0 Å². The van der Waals surface area contributed by atoms with Crippen LogP contribution in [0.25, 0.3) is 5.52 Å². The molecule has 0 aliphatic rings. The van der Waals surface area contributed by atoms with E-state index in [0.717, 1.165) is 29.6 Å². The van der Waals surface area contributed by atoms with E-state index in [0.29, 0.717) is 0 Å². The molecule has 0 amide bonds. The fourth-order valence-corrected chi connectivity index (χ4v) is 2.66. The molecule has 0 bridgehead atoms. The van der Waals surface area contributed by atoms with Gasteiger partial charge in [0.2, 0.25) is 0 Å². The van der Waals surface area contributed by atoms with Crippen LogP contribution < -0.4 is 5.32 Å². The molecule has 1 aromatic carbocycles. The van der Waals surface area contributed by atoms with Gasteiger partial charge in [0.25, 0.3) is 0 Å². The molecule has 3 rings (SSSR count). The maximum atomic E-state index is 13.4. The number of nitrogens with zero attached hydrogens (tertiary/aromatic N) is 2. The van der Waals surface area contributed by atoms with Gasteiger partial charge in [-0.15, -0.1) is 0 Å². The number of hydrogen-bond donors (Lipinski definition) is 1. The third-order valence-electron chi connectivity index (χ3n) is 3.61. The minimum absolute atomic E-state index is 0.122. The summed E-state index contributed by atoms with van der Waals surface area (Å²) in [7, 11) is 0. The zero-order valence-electron chi connectivity index (χ0n) is 12.0. The molecule has 1 N–H and O–H groups in total. The lowest BCUT2D eigenvalue weighted by molar-refractivity contribution is 0.550. The largest absolute Gasteiger partial charge is 0.310 e. The summed E-state index contributed by atoms with van der Waals surface area (Å²) < 4.78 is 15.2. The molecule has 0 saturated heterocycles. The van der Waals surface area contributed by atoms with Gasteiger partial charge in [-0.3, -0.25) is 0 Å². The number of halogens is 1. The van der Waals surface area contributed by atoms with Crippen molar-refractivity contribution >= 4 is 5.52 Å². The molecule has 1 atom stereocenters. The molecule has 1 unspecified atom stereocenters. The zero-order valence-corrected chi connectivity index (χ0v) is 12.0. The molecule has 2 aromatic heterocycles. The molecule has 3 aromatic rings. The monoisotopic (exact) mass is 283 g/mol. The van der Waals surface area contributed by atoms with Crippen LogP contribution in [-0.2, 0) is 6.42 Å². The lowest BCUT2D eigenvalue weighted by Crippen LogP contribution is -2.22. The number of rotatable bonds is 5. The molecule has 108 valence electrons. The average molecular weight is 283 g/mol. The first kappa shape index (κ1) is 13.8. The SMILES string of the molecule is CCNC(Cc1cccc(F)c1)c1cnn2ccccc12. The Hall–Kier alpha value is -2.20. The van der Waals surface area contributed by atoms with Gasteiger partial charge in [-0.25, -0.2) is 8.91 Å². The normalized spacial score (nSPS) is 12.7. The standard InChI is InChI=1S/C17H18FN3/c1-2-19-16(11-13-6-5-7-14(18)10-13)15-12-20-21-9-4-3-8-17(15)21/h3-10,12,16,19H,2,11H2,1H3. The molecule has 0 aliphatic heterocycles. The second kappa shape index (κ2) is 6.06. The lowest BCUT2D eigenvalue weighted by Gasteiger charge is -2.17. The van der Waals surface area contributed by atoms with Crippen LogP contribution in [0.1, 0.15) is 24.1 Å². The number of aromatic nitrogens is 2. The number of benzene rings is 1. The predicted molar refractivity (Wildman–Crippen MR) is 81.7 cm³/mol. The van der Waals surface area contributed by atoms with Crippen molar-refractivity contribution in [1.29, 1.82) is 0 Å². The quantitative estimate of drug-likeness (QED) is 0.778. The third kappa shape index (κ3) is 2.95. The second-order valence-corrected chi connectivity index (χ2v) is 5.07. The van der Waals surface area contributed by atoms with Crippen molar-refractivity contribution in [2.24, 2.45) is 0 Å². The van der Waals surface area contributed by atoms with Crippen molar-refractivity contribution in [3.05, 3.63) is 71.8 Å². The number of fused-ring (bicyclic) bond motifs is 1. The van der Waals surface area contributed by atoms with Crippen LogP contribution in [0, 0.1) is 5.82 Å². The van der Waals surface area contributed by atoms with Gasteiger partial charge in [-0.1, -0.05) is 25.1 Å². The summed E-state index contributed by atoms with van der Waals surface area (Å²) in [5, 5.41) is 7.85. The topological polar surface area (TPSA) is 29.3 Å². The van der Waals surface area contributed by atoms with Gasteiger partial charge in [0, 0.05) is 17.8 Å². The second-order valence-electron chi connectivity index (χ2n) is 5.07. The van der Waals surface area contributed by atoms with Crippen LogP contribution in [0.4, 0.5) is 4.39 Å². The Morgan fingerprint density at radius 2 is 2.14 bits per heavy atom. The average Bonchev–Trinajstić information content (AvgIpc) is 2.91. The van der Waals surface area contributed by atoms with E-state index in [1.54, 1.807) is 12.1 Å².